The highest BCUT2D eigenvalue weighted by Crippen LogP contribution is 2.01. The monoisotopic (exact) mass is 178 g/mol. The molecule has 0 rings (SSSR count). The number of aliphatic hydroxyl groups excluding tert-OH is 3. The molecule has 0 aromatic rings. The van der Waals surface area contributed by atoms with Crippen molar-refractivity contribution in [1.82, 2.24) is 0 Å². The maximum atomic E-state index is 10.1. The summed E-state index contributed by atoms with van der Waals surface area (Å²) in [7, 11) is 0. The topological polar surface area (TPSA) is 130 Å². The Bertz CT molecular complexity index is 144. The average molecular weight is 178 g/mol. The first-order chi connectivity index (χ1) is 5.54. The standard InChI is InChI=1S/C6H14N2O4/c7-1-4(10)6(12)5(11)3(8)2-9/h2-6,10-12H,1,7-8H2/t3-,4-,5-,6-/m1/s1. The van der Waals surface area contributed by atoms with Crippen molar-refractivity contribution < 1.29 is 20.1 Å². The Morgan fingerprint density at radius 1 is 1.25 bits per heavy atom. The summed E-state index contributed by atoms with van der Waals surface area (Å²) in [4.78, 5) is 10.1. The Morgan fingerprint density at radius 2 is 1.75 bits per heavy atom. The summed E-state index contributed by atoms with van der Waals surface area (Å²) < 4.78 is 0. The maximum absolute atomic E-state index is 10.1. The van der Waals surface area contributed by atoms with Gasteiger partial charge in [0.25, 0.3) is 0 Å². The SMILES string of the molecule is NC[C@@H](O)[C@@H](O)[C@H](O)[C@H](N)C=O. The van der Waals surface area contributed by atoms with Crippen molar-refractivity contribution in [1.29, 1.82) is 0 Å². The van der Waals surface area contributed by atoms with Gasteiger partial charge in [0.2, 0.25) is 0 Å². The van der Waals surface area contributed by atoms with Crippen LogP contribution in [0.5, 0.6) is 0 Å². The van der Waals surface area contributed by atoms with E-state index >= 15 is 0 Å². The molecule has 0 saturated carbocycles. The molecule has 6 heteroatoms. The van der Waals surface area contributed by atoms with Crippen LogP contribution in [0.15, 0.2) is 0 Å². The second-order valence-electron chi connectivity index (χ2n) is 2.50. The molecule has 0 bridgehead atoms. The fourth-order valence-corrected chi connectivity index (χ4v) is 0.675. The first kappa shape index (κ1) is 11.5. The summed E-state index contributed by atoms with van der Waals surface area (Å²) in [5, 5.41) is 27.1. The molecule has 12 heavy (non-hydrogen) atoms. The van der Waals surface area contributed by atoms with Crippen LogP contribution in [-0.4, -0.2) is 52.5 Å². The molecule has 0 saturated heterocycles. The van der Waals surface area contributed by atoms with Crippen molar-refractivity contribution in [3.05, 3.63) is 0 Å². The first-order valence-electron chi connectivity index (χ1n) is 3.49. The van der Waals surface area contributed by atoms with Gasteiger partial charge in [0.15, 0.2) is 0 Å². The van der Waals surface area contributed by atoms with Gasteiger partial charge < -0.3 is 31.6 Å². The third-order valence-corrected chi connectivity index (χ3v) is 1.54. The zero-order valence-electron chi connectivity index (χ0n) is 6.50. The lowest BCUT2D eigenvalue weighted by Gasteiger charge is -2.23. The van der Waals surface area contributed by atoms with Crippen molar-refractivity contribution in [2.24, 2.45) is 11.5 Å². The Balaban J connectivity index is 4.07. The summed E-state index contributed by atoms with van der Waals surface area (Å²) in [6.45, 7) is -0.205. The number of rotatable bonds is 5. The molecule has 0 aliphatic rings. The molecule has 0 aromatic carbocycles. The highest BCUT2D eigenvalue weighted by Gasteiger charge is 2.28. The van der Waals surface area contributed by atoms with Crippen LogP contribution in [0.3, 0.4) is 0 Å². The first-order valence-corrected chi connectivity index (χ1v) is 3.49. The van der Waals surface area contributed by atoms with Crippen molar-refractivity contribution in [3.8, 4) is 0 Å². The van der Waals surface area contributed by atoms with Crippen LogP contribution >= 0.6 is 0 Å². The summed E-state index contributed by atoms with van der Waals surface area (Å²) in [6.07, 6.45) is -3.96. The van der Waals surface area contributed by atoms with E-state index in [1.807, 2.05) is 0 Å². The molecule has 0 unspecified atom stereocenters. The minimum atomic E-state index is -1.49. The molecule has 0 aliphatic carbocycles. The average Bonchev–Trinajstić information content (AvgIpc) is 2.12. The van der Waals surface area contributed by atoms with Crippen LogP contribution in [0.25, 0.3) is 0 Å². The van der Waals surface area contributed by atoms with Crippen molar-refractivity contribution in [3.63, 3.8) is 0 Å². The van der Waals surface area contributed by atoms with E-state index in [4.69, 9.17) is 26.8 Å². The van der Waals surface area contributed by atoms with E-state index in [1.54, 1.807) is 0 Å². The lowest BCUT2D eigenvalue weighted by atomic mass is 10.0. The molecule has 0 spiro atoms. The zero-order chi connectivity index (χ0) is 9.72. The van der Waals surface area contributed by atoms with Crippen LogP contribution in [0.4, 0.5) is 0 Å². The fourth-order valence-electron chi connectivity index (χ4n) is 0.675. The van der Waals surface area contributed by atoms with Crippen LogP contribution in [-0.2, 0) is 4.79 Å². The predicted molar refractivity (Wildman–Crippen MR) is 41.1 cm³/mol. The number of nitrogens with two attached hydrogens (primary N) is 2. The number of hydrogen-bond donors (Lipinski definition) is 5. The molecular formula is C6H14N2O4. The third kappa shape index (κ3) is 2.84. The van der Waals surface area contributed by atoms with E-state index in [2.05, 4.69) is 0 Å². The molecule has 72 valence electrons. The molecular weight excluding hydrogens is 164 g/mol. The minimum Gasteiger partial charge on any atom is -0.389 e. The molecule has 0 amide bonds. The summed E-state index contributed by atoms with van der Waals surface area (Å²) in [5.41, 5.74) is 10.1. The maximum Gasteiger partial charge on any atom is 0.139 e. The van der Waals surface area contributed by atoms with Gasteiger partial charge in [-0.3, -0.25) is 0 Å². The van der Waals surface area contributed by atoms with Crippen LogP contribution < -0.4 is 11.5 Å². The Labute approximate surface area is 69.8 Å². The molecule has 7 N–H and O–H groups in total. The van der Waals surface area contributed by atoms with Gasteiger partial charge in [-0.25, -0.2) is 0 Å². The van der Waals surface area contributed by atoms with Gasteiger partial charge in [-0.2, -0.15) is 0 Å². The van der Waals surface area contributed by atoms with E-state index in [9.17, 15) is 4.79 Å². The molecule has 0 radical (unpaired) electrons. The minimum absolute atomic E-state index is 0.205. The van der Waals surface area contributed by atoms with Gasteiger partial charge in [-0.15, -0.1) is 0 Å². The highest BCUT2D eigenvalue weighted by atomic mass is 16.4. The highest BCUT2D eigenvalue weighted by molar-refractivity contribution is 5.58. The van der Waals surface area contributed by atoms with E-state index in [-0.39, 0.29) is 12.8 Å². The van der Waals surface area contributed by atoms with Gasteiger partial charge in [0.1, 0.15) is 18.5 Å². The molecule has 4 atom stereocenters. The van der Waals surface area contributed by atoms with Crippen molar-refractivity contribution >= 4 is 6.29 Å². The van der Waals surface area contributed by atoms with E-state index < -0.39 is 24.4 Å². The predicted octanol–water partition coefficient (Wildman–Crippen LogP) is -3.45. The van der Waals surface area contributed by atoms with Crippen LogP contribution in [0, 0.1) is 0 Å². The Kier molecular flexibility index (Phi) is 4.95. The van der Waals surface area contributed by atoms with Gasteiger partial charge in [0, 0.05) is 6.54 Å². The van der Waals surface area contributed by atoms with Crippen LogP contribution in [0.1, 0.15) is 0 Å². The smallest absolute Gasteiger partial charge is 0.139 e. The van der Waals surface area contributed by atoms with Gasteiger partial charge in [-0.05, 0) is 0 Å². The number of carbonyl (C=O) groups excluding carboxylic acids is 1. The van der Waals surface area contributed by atoms with E-state index in [0.29, 0.717) is 0 Å². The number of aliphatic hydroxyl groups is 3. The molecule has 6 nitrogen and oxygen atoms in total. The fraction of sp³-hybridized carbons (Fsp3) is 0.833. The quantitative estimate of drug-likeness (QED) is 0.278. The van der Waals surface area contributed by atoms with E-state index in [0.717, 1.165) is 0 Å². The lowest BCUT2D eigenvalue weighted by Crippen LogP contribution is -2.50. The Morgan fingerprint density at radius 3 is 2.08 bits per heavy atom. The van der Waals surface area contributed by atoms with Gasteiger partial charge >= 0.3 is 0 Å². The molecule has 0 aromatic heterocycles. The normalized spacial score (nSPS) is 21.1. The van der Waals surface area contributed by atoms with Gasteiger partial charge in [-0.1, -0.05) is 0 Å². The van der Waals surface area contributed by atoms with Gasteiger partial charge in [0.05, 0.1) is 12.1 Å². The lowest BCUT2D eigenvalue weighted by molar-refractivity contribution is -0.116. The second-order valence-corrected chi connectivity index (χ2v) is 2.50. The molecule has 0 heterocycles. The summed E-state index contributed by atoms with van der Waals surface area (Å²) in [5.74, 6) is 0. The summed E-state index contributed by atoms with van der Waals surface area (Å²) in [6, 6.07) is -1.21. The summed E-state index contributed by atoms with van der Waals surface area (Å²) >= 11 is 0. The Hall–Kier alpha value is -0.530. The molecule has 0 aliphatic heterocycles. The number of hydrogen-bond acceptors (Lipinski definition) is 6. The second kappa shape index (κ2) is 5.18. The largest absolute Gasteiger partial charge is 0.389 e. The van der Waals surface area contributed by atoms with E-state index in [1.165, 1.54) is 0 Å². The van der Waals surface area contributed by atoms with Crippen LogP contribution in [0.2, 0.25) is 0 Å². The van der Waals surface area contributed by atoms with Crippen molar-refractivity contribution in [2.45, 2.75) is 24.4 Å². The van der Waals surface area contributed by atoms with Crippen molar-refractivity contribution in [2.75, 3.05) is 6.54 Å². The number of aldehydes is 1. The molecule has 0 fully saturated rings. The number of carbonyl (C=O) groups is 1. The third-order valence-electron chi connectivity index (χ3n) is 1.54. The zero-order valence-corrected chi connectivity index (χ0v) is 6.50.